The molecular weight excluding hydrogens is 231 g/mol. The minimum atomic E-state index is -0.509. The molecule has 0 fully saturated rings. The Balaban J connectivity index is 0.000000845. The van der Waals surface area contributed by atoms with Gasteiger partial charge in [-0.3, -0.25) is 9.20 Å². The highest BCUT2D eigenvalue weighted by molar-refractivity contribution is 7.15. The fourth-order valence-corrected chi connectivity index (χ4v) is 1.93. The molecule has 2 aromatic heterocycles. The van der Waals surface area contributed by atoms with Gasteiger partial charge in [0, 0.05) is 17.3 Å². The Kier molecular flexibility index (Phi) is 2.95. The highest BCUT2D eigenvalue weighted by atomic mass is 35.5. The number of aromatic nitrogens is 2. The minimum absolute atomic E-state index is 0. The second kappa shape index (κ2) is 3.65. The molecule has 0 spiro atoms. The molecule has 0 atom stereocenters. The van der Waals surface area contributed by atoms with Crippen LogP contribution in [0.5, 0.6) is 0 Å². The normalized spacial score (nSPS) is 10.0. The number of nitrogens with zero attached hydrogens (tertiary/aromatic N) is 2. The predicted octanol–water partition coefficient (Wildman–Crippen LogP) is 2.51. The maximum atomic E-state index is 10.7. The first kappa shape index (κ1) is 10.5. The van der Waals surface area contributed by atoms with Crippen LogP contribution in [0.2, 0.25) is 0 Å². The molecule has 0 bridgehead atoms. The molecule has 0 amide bonds. The molecule has 0 aromatic carbocycles. The van der Waals surface area contributed by atoms with Crippen LogP contribution in [0.1, 0.15) is 16.2 Å². The van der Waals surface area contributed by atoms with Crippen molar-refractivity contribution >= 4 is 45.5 Å². The molecule has 0 aliphatic rings. The number of aryl methyl sites for hydroxylation is 1. The fraction of sp³-hybridized carbons (Fsp3) is 0.143. The summed E-state index contributed by atoms with van der Waals surface area (Å²) in [4.78, 5) is 15.6. The van der Waals surface area contributed by atoms with E-state index < -0.39 is 5.24 Å². The van der Waals surface area contributed by atoms with Crippen LogP contribution < -0.4 is 0 Å². The zero-order valence-corrected chi connectivity index (χ0v) is 9.04. The number of thiazole rings is 1. The van der Waals surface area contributed by atoms with Crippen molar-refractivity contribution in [1.29, 1.82) is 0 Å². The summed E-state index contributed by atoms with van der Waals surface area (Å²) < 4.78 is 1.85. The average Bonchev–Trinajstić information content (AvgIpc) is 2.53. The van der Waals surface area contributed by atoms with E-state index in [9.17, 15) is 4.79 Å². The predicted molar refractivity (Wildman–Crippen MR) is 55.2 cm³/mol. The molecule has 3 nitrogen and oxygen atoms in total. The maximum Gasteiger partial charge on any atom is 0.272 e. The Morgan fingerprint density at radius 2 is 2.38 bits per heavy atom. The summed E-state index contributed by atoms with van der Waals surface area (Å²) >= 11 is 6.77. The number of fused-ring (bicyclic) bond motifs is 1. The van der Waals surface area contributed by atoms with E-state index in [0.717, 1.165) is 10.7 Å². The van der Waals surface area contributed by atoms with Crippen molar-refractivity contribution in [1.82, 2.24) is 9.38 Å². The molecule has 0 saturated heterocycles. The first-order chi connectivity index (χ1) is 5.68. The summed E-state index contributed by atoms with van der Waals surface area (Å²) in [6.07, 6.45) is 1.65. The third-order valence-corrected chi connectivity index (χ3v) is 2.74. The first-order valence-corrected chi connectivity index (χ1v) is 4.57. The van der Waals surface area contributed by atoms with Crippen molar-refractivity contribution in [3.63, 3.8) is 0 Å². The summed E-state index contributed by atoms with van der Waals surface area (Å²) in [5.41, 5.74) is 1.37. The van der Waals surface area contributed by atoms with E-state index in [1.165, 1.54) is 11.3 Å². The topological polar surface area (TPSA) is 34.4 Å². The highest BCUT2D eigenvalue weighted by Crippen LogP contribution is 2.16. The van der Waals surface area contributed by atoms with Crippen LogP contribution in [0.3, 0.4) is 0 Å². The van der Waals surface area contributed by atoms with Gasteiger partial charge in [-0.15, -0.1) is 23.7 Å². The summed E-state index contributed by atoms with van der Waals surface area (Å²) in [7, 11) is 0. The first-order valence-electron chi connectivity index (χ1n) is 3.31. The Bertz CT molecular complexity index is 448. The van der Waals surface area contributed by atoms with Gasteiger partial charge >= 0.3 is 0 Å². The van der Waals surface area contributed by atoms with Crippen LogP contribution in [-0.4, -0.2) is 14.6 Å². The van der Waals surface area contributed by atoms with Crippen LogP contribution in [0.15, 0.2) is 11.6 Å². The standard InChI is InChI=1S/C7H5ClN2OS.ClH/c1-4-3-12-7-9-5(6(8)11)2-10(4)7;/h2-3H,1H3;1H. The third-order valence-electron chi connectivity index (χ3n) is 1.59. The Morgan fingerprint density at radius 3 is 2.92 bits per heavy atom. The SMILES string of the molecule is Cc1csc2nc(C(=O)Cl)cn12.Cl. The van der Waals surface area contributed by atoms with Gasteiger partial charge in [0.2, 0.25) is 0 Å². The van der Waals surface area contributed by atoms with Crippen molar-refractivity contribution in [2.24, 2.45) is 0 Å². The molecule has 0 aliphatic heterocycles. The molecule has 0 N–H and O–H groups in total. The van der Waals surface area contributed by atoms with Crippen LogP contribution in [0.4, 0.5) is 0 Å². The van der Waals surface area contributed by atoms with E-state index in [1.54, 1.807) is 6.20 Å². The zero-order valence-electron chi connectivity index (χ0n) is 6.65. The van der Waals surface area contributed by atoms with Crippen molar-refractivity contribution in [2.75, 3.05) is 0 Å². The Hall–Kier alpha value is -0.580. The van der Waals surface area contributed by atoms with Gasteiger partial charge in [-0.05, 0) is 18.5 Å². The lowest BCUT2D eigenvalue weighted by Gasteiger charge is -1.83. The molecule has 2 heterocycles. The third kappa shape index (κ3) is 1.70. The van der Waals surface area contributed by atoms with E-state index >= 15 is 0 Å². The van der Waals surface area contributed by atoms with Gasteiger partial charge in [0.15, 0.2) is 4.96 Å². The van der Waals surface area contributed by atoms with E-state index in [4.69, 9.17) is 11.6 Å². The van der Waals surface area contributed by atoms with Gasteiger partial charge in [0.1, 0.15) is 5.69 Å². The average molecular weight is 237 g/mol. The molecule has 13 heavy (non-hydrogen) atoms. The van der Waals surface area contributed by atoms with Crippen molar-refractivity contribution < 1.29 is 4.79 Å². The molecule has 0 saturated carbocycles. The zero-order chi connectivity index (χ0) is 8.72. The molecule has 6 heteroatoms. The molecule has 2 aromatic rings. The summed E-state index contributed by atoms with van der Waals surface area (Å²) in [5.74, 6) is 0. The largest absolute Gasteiger partial charge is 0.294 e. The smallest absolute Gasteiger partial charge is 0.272 e. The van der Waals surface area contributed by atoms with E-state index in [-0.39, 0.29) is 12.4 Å². The van der Waals surface area contributed by atoms with Gasteiger partial charge in [0.25, 0.3) is 5.24 Å². The van der Waals surface area contributed by atoms with Crippen molar-refractivity contribution in [3.05, 3.63) is 23.0 Å². The van der Waals surface area contributed by atoms with Gasteiger partial charge in [0.05, 0.1) is 0 Å². The van der Waals surface area contributed by atoms with Crippen LogP contribution in [0.25, 0.3) is 4.96 Å². The number of rotatable bonds is 1. The van der Waals surface area contributed by atoms with Crippen LogP contribution in [-0.2, 0) is 0 Å². The molecular formula is C7H6Cl2N2OS. The number of halogens is 2. The van der Waals surface area contributed by atoms with Gasteiger partial charge in [-0.1, -0.05) is 0 Å². The highest BCUT2D eigenvalue weighted by Gasteiger charge is 2.09. The minimum Gasteiger partial charge on any atom is -0.294 e. The monoisotopic (exact) mass is 236 g/mol. The van der Waals surface area contributed by atoms with Crippen molar-refractivity contribution in [3.8, 4) is 0 Å². The quantitative estimate of drug-likeness (QED) is 0.714. The number of imidazole rings is 1. The number of carbonyl (C=O) groups excluding carboxylic acids is 1. The van der Waals surface area contributed by atoms with Crippen LogP contribution in [0, 0.1) is 6.92 Å². The van der Waals surface area contributed by atoms with E-state index in [1.807, 2.05) is 16.7 Å². The molecule has 70 valence electrons. The summed E-state index contributed by atoms with van der Waals surface area (Å²) in [6, 6.07) is 0. The molecule has 0 radical (unpaired) electrons. The lowest BCUT2D eigenvalue weighted by Crippen LogP contribution is -1.86. The van der Waals surface area contributed by atoms with Gasteiger partial charge < -0.3 is 0 Å². The lowest BCUT2D eigenvalue weighted by atomic mass is 10.5. The van der Waals surface area contributed by atoms with Crippen LogP contribution >= 0.6 is 35.3 Å². The number of carbonyl (C=O) groups is 1. The summed E-state index contributed by atoms with van der Waals surface area (Å²) in [6.45, 7) is 1.95. The van der Waals surface area contributed by atoms with E-state index in [2.05, 4.69) is 4.98 Å². The Labute approximate surface area is 89.8 Å². The van der Waals surface area contributed by atoms with Gasteiger partial charge in [-0.2, -0.15) is 0 Å². The number of hydrogen-bond acceptors (Lipinski definition) is 3. The second-order valence-corrected chi connectivity index (χ2v) is 3.61. The van der Waals surface area contributed by atoms with Crippen molar-refractivity contribution in [2.45, 2.75) is 6.92 Å². The second-order valence-electron chi connectivity index (χ2n) is 2.43. The van der Waals surface area contributed by atoms with E-state index in [0.29, 0.717) is 5.69 Å². The number of hydrogen-bond donors (Lipinski definition) is 0. The molecule has 0 unspecified atom stereocenters. The molecule has 0 aliphatic carbocycles. The fourth-order valence-electron chi connectivity index (χ4n) is 0.989. The van der Waals surface area contributed by atoms with Gasteiger partial charge in [-0.25, -0.2) is 4.98 Å². The molecule has 2 rings (SSSR count). The lowest BCUT2D eigenvalue weighted by molar-refractivity contribution is 0.107. The maximum absolute atomic E-state index is 10.7. The summed E-state index contributed by atoms with van der Waals surface area (Å²) in [5, 5.41) is 1.47. The Morgan fingerprint density at radius 1 is 1.69 bits per heavy atom.